The average Bonchev–Trinajstić information content (AvgIpc) is 4.08. The van der Waals surface area contributed by atoms with Gasteiger partial charge in [-0.25, -0.2) is 29.9 Å². The number of rotatable bonds is 9. The van der Waals surface area contributed by atoms with E-state index in [-0.39, 0.29) is 5.41 Å². The third-order valence-electron chi connectivity index (χ3n) is 14.9. The Morgan fingerprint density at radius 1 is 0.263 bits per heavy atom. The molecule has 0 aliphatic carbocycles. The van der Waals surface area contributed by atoms with E-state index in [0.29, 0.717) is 34.9 Å². The van der Waals surface area contributed by atoms with Crippen molar-refractivity contribution in [1.82, 2.24) is 34.5 Å². The average molecular weight is 974 g/mol. The molecule has 14 rings (SSSR count). The summed E-state index contributed by atoms with van der Waals surface area (Å²) in [7, 11) is 0. The van der Waals surface area contributed by atoms with Crippen LogP contribution in [0.1, 0.15) is 25.0 Å². The quantitative estimate of drug-likeness (QED) is 0.143. The van der Waals surface area contributed by atoms with Crippen molar-refractivity contribution < 1.29 is 0 Å². The van der Waals surface area contributed by atoms with E-state index in [2.05, 4.69) is 182 Å². The number of hydrogen-bond acceptors (Lipinski definition) is 6. The molecule has 76 heavy (non-hydrogen) atoms. The number of aromatic nitrogens is 7. The highest BCUT2D eigenvalue weighted by Gasteiger charge is 2.35. The molecular weight excluding hydrogens is 927 g/mol. The lowest BCUT2D eigenvalue weighted by Crippen LogP contribution is -2.26. The Kier molecular flexibility index (Phi) is 10.7. The second kappa shape index (κ2) is 18.2. The van der Waals surface area contributed by atoms with Crippen molar-refractivity contribution >= 4 is 21.8 Å². The Morgan fingerprint density at radius 3 is 1.14 bits per heavy atom. The maximum Gasteiger partial charge on any atom is 0.164 e. The van der Waals surface area contributed by atoms with Crippen LogP contribution in [-0.4, -0.2) is 34.5 Å². The van der Waals surface area contributed by atoms with Crippen molar-refractivity contribution in [2.45, 2.75) is 19.3 Å². The molecule has 7 heteroatoms. The van der Waals surface area contributed by atoms with E-state index >= 15 is 0 Å². The van der Waals surface area contributed by atoms with E-state index < -0.39 is 0 Å². The molecule has 13 aromatic rings. The molecule has 0 unspecified atom stereocenters. The van der Waals surface area contributed by atoms with Gasteiger partial charge in [-0.3, -0.25) is 0 Å². The first kappa shape index (κ1) is 44.7. The third-order valence-corrected chi connectivity index (χ3v) is 14.9. The lowest BCUT2D eigenvalue weighted by atomic mass is 9.74. The van der Waals surface area contributed by atoms with Gasteiger partial charge >= 0.3 is 0 Å². The molecule has 0 amide bonds. The van der Waals surface area contributed by atoms with Crippen molar-refractivity contribution in [1.29, 1.82) is 0 Å². The van der Waals surface area contributed by atoms with Crippen molar-refractivity contribution in [3.8, 4) is 107 Å². The molecule has 7 nitrogen and oxygen atoms in total. The number of hydrogen-bond donors (Lipinski definition) is 0. The van der Waals surface area contributed by atoms with E-state index in [1.54, 1.807) is 0 Å². The van der Waals surface area contributed by atoms with E-state index in [0.717, 1.165) is 66.8 Å². The maximum atomic E-state index is 5.18. The van der Waals surface area contributed by atoms with Crippen LogP contribution in [0.15, 0.2) is 249 Å². The van der Waals surface area contributed by atoms with Gasteiger partial charge in [-0.1, -0.05) is 226 Å². The molecule has 358 valence electrons. The number of para-hydroxylation sites is 1. The SMILES string of the molecule is CC1(C)c2ccccc2-n2c3ccc(-c4ccc(-c5nc(-c6ccccc6)nc(-c6ccccc6)n5)cc4)cc3c3cc(-c4cccc(-c5nc(-c6ccccc6)nc(-c6ccc(-c7ccccc7)cc6)n5)c4)cc1c32. The van der Waals surface area contributed by atoms with Gasteiger partial charge in [0.25, 0.3) is 0 Å². The highest BCUT2D eigenvalue weighted by Crippen LogP contribution is 2.49. The lowest BCUT2D eigenvalue weighted by Gasteiger charge is -2.35. The fourth-order valence-corrected chi connectivity index (χ4v) is 10.9. The first-order chi connectivity index (χ1) is 37.4. The highest BCUT2D eigenvalue weighted by molar-refractivity contribution is 6.14. The molecule has 0 N–H and O–H groups in total. The maximum absolute atomic E-state index is 5.18. The predicted molar refractivity (Wildman–Crippen MR) is 309 cm³/mol. The van der Waals surface area contributed by atoms with Crippen LogP contribution in [0.2, 0.25) is 0 Å². The Morgan fingerprint density at radius 2 is 0.618 bits per heavy atom. The zero-order valence-electron chi connectivity index (χ0n) is 41.8. The van der Waals surface area contributed by atoms with Gasteiger partial charge in [0.1, 0.15) is 0 Å². The first-order valence-corrected chi connectivity index (χ1v) is 25.7. The summed E-state index contributed by atoms with van der Waals surface area (Å²) in [5, 5.41) is 2.39. The van der Waals surface area contributed by atoms with Crippen molar-refractivity contribution in [2.75, 3.05) is 0 Å². The second-order valence-electron chi connectivity index (χ2n) is 19.9. The number of nitrogens with zero attached hydrogens (tertiary/aromatic N) is 7. The molecule has 3 aromatic heterocycles. The molecule has 1 aliphatic heterocycles. The molecule has 0 atom stereocenters. The normalized spacial score (nSPS) is 12.4. The molecule has 0 radical (unpaired) electrons. The Labute approximate surface area is 440 Å². The minimum absolute atomic E-state index is 0.287. The molecule has 4 heterocycles. The molecule has 10 aromatic carbocycles. The van der Waals surface area contributed by atoms with E-state index in [1.165, 1.54) is 38.6 Å². The zero-order valence-corrected chi connectivity index (χ0v) is 41.8. The smallest absolute Gasteiger partial charge is 0.164 e. The van der Waals surface area contributed by atoms with Gasteiger partial charge in [-0.05, 0) is 80.9 Å². The van der Waals surface area contributed by atoms with Crippen LogP contribution < -0.4 is 0 Å². The van der Waals surface area contributed by atoms with Gasteiger partial charge < -0.3 is 4.57 Å². The summed E-state index contributed by atoms with van der Waals surface area (Å²) in [6, 6.07) is 87.1. The molecule has 0 saturated heterocycles. The first-order valence-electron chi connectivity index (χ1n) is 25.7. The van der Waals surface area contributed by atoms with E-state index in [9.17, 15) is 0 Å². The third kappa shape index (κ3) is 7.85. The summed E-state index contributed by atoms with van der Waals surface area (Å²) in [5.41, 5.74) is 18.2. The fourth-order valence-electron chi connectivity index (χ4n) is 10.9. The van der Waals surface area contributed by atoms with Crippen LogP contribution in [0.25, 0.3) is 129 Å². The molecule has 0 spiro atoms. The van der Waals surface area contributed by atoms with Gasteiger partial charge in [0, 0.05) is 49.6 Å². The van der Waals surface area contributed by atoms with Gasteiger partial charge in [0.05, 0.1) is 16.7 Å². The highest BCUT2D eigenvalue weighted by atomic mass is 15.0. The van der Waals surface area contributed by atoms with Crippen LogP contribution in [0.3, 0.4) is 0 Å². The summed E-state index contributed by atoms with van der Waals surface area (Å²) in [6.45, 7) is 4.72. The molecule has 0 fully saturated rings. The number of benzene rings is 10. The second-order valence-corrected chi connectivity index (χ2v) is 19.9. The van der Waals surface area contributed by atoms with Crippen LogP contribution in [0, 0.1) is 0 Å². The van der Waals surface area contributed by atoms with Crippen LogP contribution in [-0.2, 0) is 5.41 Å². The lowest BCUT2D eigenvalue weighted by molar-refractivity contribution is 0.630. The fraction of sp³-hybridized carbons (Fsp3) is 0.0435. The van der Waals surface area contributed by atoms with Gasteiger partial charge in [0.15, 0.2) is 34.9 Å². The summed E-state index contributed by atoms with van der Waals surface area (Å²) in [6.07, 6.45) is 0. The molecular formula is C69H47N7. The number of fused-ring (bicyclic) bond motifs is 5. The minimum Gasteiger partial charge on any atom is -0.309 e. The van der Waals surface area contributed by atoms with Gasteiger partial charge in [-0.2, -0.15) is 0 Å². The van der Waals surface area contributed by atoms with Gasteiger partial charge in [0.2, 0.25) is 0 Å². The molecule has 0 saturated carbocycles. The zero-order chi connectivity index (χ0) is 50.7. The van der Waals surface area contributed by atoms with Crippen molar-refractivity contribution in [2.24, 2.45) is 0 Å². The molecule has 1 aliphatic rings. The predicted octanol–water partition coefficient (Wildman–Crippen LogP) is 16.8. The monoisotopic (exact) mass is 973 g/mol. The Balaban J connectivity index is 0.880. The Hall–Kier alpha value is -9.98. The summed E-state index contributed by atoms with van der Waals surface area (Å²) in [4.78, 5) is 30.3. The summed E-state index contributed by atoms with van der Waals surface area (Å²) < 4.78 is 2.48. The van der Waals surface area contributed by atoms with Gasteiger partial charge in [-0.15, -0.1) is 0 Å². The summed E-state index contributed by atoms with van der Waals surface area (Å²) >= 11 is 0. The molecule has 0 bridgehead atoms. The van der Waals surface area contributed by atoms with Crippen LogP contribution in [0.4, 0.5) is 0 Å². The van der Waals surface area contributed by atoms with Crippen molar-refractivity contribution in [3.05, 3.63) is 260 Å². The largest absolute Gasteiger partial charge is 0.309 e. The van der Waals surface area contributed by atoms with Crippen molar-refractivity contribution in [3.63, 3.8) is 0 Å². The van der Waals surface area contributed by atoms with Crippen LogP contribution in [0.5, 0.6) is 0 Å². The topological polar surface area (TPSA) is 82.3 Å². The Bertz CT molecular complexity index is 4270. The van der Waals surface area contributed by atoms with Crippen LogP contribution >= 0.6 is 0 Å². The minimum atomic E-state index is -0.287. The van der Waals surface area contributed by atoms with E-state index in [4.69, 9.17) is 29.9 Å². The summed E-state index contributed by atoms with van der Waals surface area (Å²) in [5.74, 6) is 3.77. The van der Waals surface area contributed by atoms with E-state index in [1.807, 2.05) is 84.9 Å². The standard InChI is InChI=1S/C69H47N7/c1-69(2)58-28-15-16-29-61(58)76-60-39-38-53(46-32-36-51(37-33-46)66-71-63(47-20-9-4-10-21-47)70-64(72-66)48-22-11-5-12-23-48)41-56(60)57-42-55(43-59(69)62(57)76)52-26-17-27-54(40-52)68-74-65(49-24-13-6-14-25-49)73-67(75-68)50-34-30-45(31-35-50)44-18-7-3-8-19-44/h3-43H,1-2H3.